The lowest BCUT2D eigenvalue weighted by atomic mass is 9.74. The van der Waals surface area contributed by atoms with Gasteiger partial charge in [-0.3, -0.25) is 9.10 Å². The van der Waals surface area contributed by atoms with Crippen molar-refractivity contribution < 1.29 is 22.7 Å². The van der Waals surface area contributed by atoms with Crippen LogP contribution in [0.5, 0.6) is 5.75 Å². The van der Waals surface area contributed by atoms with E-state index in [1.165, 1.54) is 28.6 Å². The molecule has 0 unspecified atom stereocenters. The van der Waals surface area contributed by atoms with E-state index in [0.717, 1.165) is 18.4 Å². The number of carbonyl (C=O) groups excluding carboxylic acids is 1. The van der Waals surface area contributed by atoms with Gasteiger partial charge in [0, 0.05) is 30.2 Å². The highest BCUT2D eigenvalue weighted by atomic mass is 35.5. The van der Waals surface area contributed by atoms with Crippen molar-refractivity contribution in [1.82, 2.24) is 5.32 Å². The van der Waals surface area contributed by atoms with Gasteiger partial charge in [0.1, 0.15) is 5.75 Å². The number of hydrogen-bond donors (Lipinski definition) is 1. The minimum Gasteiger partial charge on any atom is -0.476 e. The lowest BCUT2D eigenvalue weighted by Gasteiger charge is -2.39. The molecule has 3 aromatic carbocycles. The first-order chi connectivity index (χ1) is 17.4. The maximum absolute atomic E-state index is 13.6. The van der Waals surface area contributed by atoms with E-state index in [4.69, 9.17) is 21.1 Å². The number of fused-ring (bicyclic) bond motifs is 1. The van der Waals surface area contributed by atoms with Crippen LogP contribution in [-0.2, 0) is 25.0 Å². The van der Waals surface area contributed by atoms with Gasteiger partial charge in [-0.2, -0.15) is 0 Å². The number of ether oxygens (including phenoxy) is 2. The van der Waals surface area contributed by atoms with E-state index in [1.54, 1.807) is 24.3 Å². The summed E-state index contributed by atoms with van der Waals surface area (Å²) in [7, 11) is -3.95. The molecule has 7 nitrogen and oxygen atoms in total. The molecule has 2 heterocycles. The summed E-state index contributed by atoms with van der Waals surface area (Å²) >= 11 is 5.96. The Morgan fingerprint density at radius 2 is 1.64 bits per heavy atom. The van der Waals surface area contributed by atoms with Crippen molar-refractivity contribution in [2.75, 3.05) is 30.6 Å². The molecule has 0 saturated carbocycles. The molecule has 1 N–H and O–H groups in total. The van der Waals surface area contributed by atoms with Crippen molar-refractivity contribution >= 4 is 33.2 Å². The van der Waals surface area contributed by atoms with Crippen LogP contribution in [0.4, 0.5) is 5.69 Å². The Balaban J connectivity index is 1.39. The molecule has 0 aromatic heterocycles. The van der Waals surface area contributed by atoms with E-state index in [-0.39, 0.29) is 22.8 Å². The fourth-order valence-electron chi connectivity index (χ4n) is 4.79. The number of rotatable bonds is 6. The molecule has 1 atom stereocenters. The molecule has 1 amide bonds. The number of benzene rings is 3. The van der Waals surface area contributed by atoms with Crippen LogP contribution < -0.4 is 14.4 Å². The molecule has 0 aliphatic carbocycles. The molecular weight excluding hydrogens is 500 g/mol. The summed E-state index contributed by atoms with van der Waals surface area (Å²) in [5, 5.41) is 3.49. The normalized spacial score (nSPS) is 19.1. The van der Waals surface area contributed by atoms with Crippen LogP contribution in [0.25, 0.3) is 0 Å². The maximum Gasteiger partial charge on any atom is 0.264 e. The summed E-state index contributed by atoms with van der Waals surface area (Å²) in [5.41, 5.74) is 1.29. The third kappa shape index (κ3) is 4.81. The van der Waals surface area contributed by atoms with Gasteiger partial charge in [0.05, 0.1) is 17.1 Å². The first kappa shape index (κ1) is 24.6. The number of anilines is 1. The van der Waals surface area contributed by atoms with E-state index in [2.05, 4.69) is 17.4 Å². The molecule has 3 aromatic rings. The standard InChI is InChI=1S/C27H27ClN2O5S/c28-21-10-12-22(13-11-21)36(32,33)30-18-25(35-24-9-5-4-8-23(24)30)26(31)29-19-27(14-16-34-17-15-27)20-6-2-1-3-7-20/h1-13,25H,14-19H2,(H,29,31)/t25-/m1/s1. The third-order valence-electron chi connectivity index (χ3n) is 6.87. The van der Waals surface area contributed by atoms with E-state index >= 15 is 0 Å². The highest BCUT2D eigenvalue weighted by Gasteiger charge is 2.39. The van der Waals surface area contributed by atoms with Gasteiger partial charge < -0.3 is 14.8 Å². The van der Waals surface area contributed by atoms with Crippen molar-refractivity contribution in [1.29, 1.82) is 0 Å². The Kier molecular flexibility index (Phi) is 6.92. The van der Waals surface area contributed by atoms with Gasteiger partial charge in [0.15, 0.2) is 6.10 Å². The number of nitrogens with zero attached hydrogens (tertiary/aromatic N) is 1. The van der Waals surface area contributed by atoms with Crippen LogP contribution >= 0.6 is 11.6 Å². The van der Waals surface area contributed by atoms with Crippen LogP contribution in [0.1, 0.15) is 18.4 Å². The minimum absolute atomic E-state index is 0.0907. The second kappa shape index (κ2) is 10.1. The van der Waals surface area contributed by atoms with Crippen molar-refractivity contribution in [3.63, 3.8) is 0 Å². The minimum atomic E-state index is -3.95. The topological polar surface area (TPSA) is 84.9 Å². The summed E-state index contributed by atoms with van der Waals surface area (Å²) < 4.78 is 39.9. The molecule has 2 aliphatic heterocycles. The fraction of sp³-hybridized carbons (Fsp3) is 0.296. The second-order valence-electron chi connectivity index (χ2n) is 9.04. The van der Waals surface area contributed by atoms with Crippen LogP contribution in [0, 0.1) is 0 Å². The Morgan fingerprint density at radius 1 is 0.972 bits per heavy atom. The van der Waals surface area contributed by atoms with Gasteiger partial charge in [0.25, 0.3) is 15.9 Å². The van der Waals surface area contributed by atoms with Gasteiger partial charge >= 0.3 is 0 Å². The van der Waals surface area contributed by atoms with Gasteiger partial charge in [-0.25, -0.2) is 8.42 Å². The molecular formula is C27H27ClN2O5S. The quantitative estimate of drug-likeness (QED) is 0.521. The Labute approximate surface area is 216 Å². The SMILES string of the molecule is O=C(NCC1(c2ccccc2)CCOCC1)[C@H]1CN(S(=O)(=O)c2ccc(Cl)cc2)c2ccccc2O1. The molecule has 5 rings (SSSR count). The number of carbonyl (C=O) groups is 1. The first-order valence-electron chi connectivity index (χ1n) is 11.8. The van der Waals surface area contributed by atoms with E-state index in [9.17, 15) is 13.2 Å². The number of amides is 1. The molecule has 0 spiro atoms. The summed E-state index contributed by atoms with van der Waals surface area (Å²) in [5.74, 6) is -0.0205. The monoisotopic (exact) mass is 526 g/mol. The van der Waals surface area contributed by atoms with Crippen LogP contribution in [0.3, 0.4) is 0 Å². The number of halogens is 1. The van der Waals surface area contributed by atoms with Crippen LogP contribution in [0.2, 0.25) is 5.02 Å². The third-order valence-corrected chi connectivity index (χ3v) is 8.91. The highest BCUT2D eigenvalue weighted by Crippen LogP contribution is 2.38. The number of hydrogen-bond acceptors (Lipinski definition) is 5. The van der Waals surface area contributed by atoms with E-state index in [0.29, 0.717) is 36.2 Å². The zero-order valence-corrected chi connectivity index (χ0v) is 21.2. The predicted octanol–water partition coefficient (Wildman–Crippen LogP) is 4.16. The fourth-order valence-corrected chi connectivity index (χ4v) is 6.39. The van der Waals surface area contributed by atoms with E-state index < -0.39 is 16.1 Å². The van der Waals surface area contributed by atoms with Crippen molar-refractivity contribution in [3.05, 3.63) is 89.4 Å². The smallest absolute Gasteiger partial charge is 0.264 e. The zero-order valence-electron chi connectivity index (χ0n) is 19.6. The van der Waals surface area contributed by atoms with E-state index in [1.807, 2.05) is 18.2 Å². The number of nitrogens with one attached hydrogen (secondary N) is 1. The lowest BCUT2D eigenvalue weighted by molar-refractivity contribution is -0.128. The molecule has 1 fully saturated rings. The highest BCUT2D eigenvalue weighted by molar-refractivity contribution is 7.92. The molecule has 0 radical (unpaired) electrons. The number of sulfonamides is 1. The Hall–Kier alpha value is -3.07. The molecule has 0 bridgehead atoms. The lowest BCUT2D eigenvalue weighted by Crippen LogP contribution is -2.53. The van der Waals surface area contributed by atoms with Gasteiger partial charge in [-0.05, 0) is 54.8 Å². The van der Waals surface area contributed by atoms with Crippen molar-refractivity contribution in [3.8, 4) is 5.75 Å². The zero-order chi connectivity index (χ0) is 25.2. The molecule has 9 heteroatoms. The first-order valence-corrected chi connectivity index (χ1v) is 13.7. The van der Waals surface area contributed by atoms with Gasteiger partial charge in [-0.15, -0.1) is 0 Å². The average Bonchev–Trinajstić information content (AvgIpc) is 2.92. The molecule has 1 saturated heterocycles. The summed E-state index contributed by atoms with van der Waals surface area (Å²) in [6.45, 7) is 1.50. The molecule has 188 valence electrons. The van der Waals surface area contributed by atoms with Crippen LogP contribution in [0.15, 0.2) is 83.8 Å². The Morgan fingerprint density at radius 3 is 2.36 bits per heavy atom. The van der Waals surface area contributed by atoms with Crippen molar-refractivity contribution in [2.24, 2.45) is 0 Å². The van der Waals surface area contributed by atoms with Crippen LogP contribution in [-0.4, -0.2) is 46.7 Å². The summed E-state index contributed by atoms with van der Waals surface area (Å²) in [6.07, 6.45) is 0.556. The van der Waals surface area contributed by atoms with Gasteiger partial charge in [0.2, 0.25) is 0 Å². The summed E-state index contributed by atoms with van der Waals surface area (Å²) in [6, 6.07) is 22.9. The Bertz CT molecular complexity index is 1330. The largest absolute Gasteiger partial charge is 0.476 e. The maximum atomic E-state index is 13.6. The van der Waals surface area contributed by atoms with Gasteiger partial charge in [-0.1, -0.05) is 54.1 Å². The second-order valence-corrected chi connectivity index (χ2v) is 11.3. The average molecular weight is 527 g/mol. The molecule has 36 heavy (non-hydrogen) atoms. The molecule has 2 aliphatic rings. The van der Waals surface area contributed by atoms with Crippen molar-refractivity contribution in [2.45, 2.75) is 29.3 Å². The number of para-hydroxylation sites is 2. The predicted molar refractivity (Wildman–Crippen MR) is 138 cm³/mol. The summed E-state index contributed by atoms with van der Waals surface area (Å²) in [4.78, 5) is 13.5.